The number of pyridine rings is 2. The maximum absolute atomic E-state index is 14.6. The summed E-state index contributed by atoms with van der Waals surface area (Å²) in [5.74, 6) is -2.34. The Labute approximate surface area is 175 Å². The van der Waals surface area contributed by atoms with Crippen LogP contribution in [0.25, 0.3) is 16.7 Å². The maximum Gasteiger partial charge on any atom is 0.343 e. The number of benzene rings is 1. The monoisotopic (exact) mass is 424 g/mol. The predicted octanol–water partition coefficient (Wildman–Crippen LogP) is 3.62. The number of hydrogen-bond donors (Lipinski definition) is 2. The summed E-state index contributed by atoms with van der Waals surface area (Å²) in [6.45, 7) is 6.93. The zero-order chi connectivity index (χ0) is 22.5. The van der Waals surface area contributed by atoms with E-state index in [2.05, 4.69) is 23.5 Å². The van der Waals surface area contributed by atoms with Crippen LogP contribution in [0.1, 0.15) is 10.4 Å². The van der Waals surface area contributed by atoms with E-state index in [-0.39, 0.29) is 34.7 Å². The molecule has 2 heterocycles. The van der Waals surface area contributed by atoms with E-state index < -0.39 is 29.1 Å². The number of nitrogens with zero attached hydrogens (tertiary/aromatic N) is 2. The van der Waals surface area contributed by atoms with Crippen LogP contribution in [-0.2, 0) is 4.74 Å². The molecule has 2 N–H and O–H groups in total. The number of nitrogens with one attached hydrogen (secondary N) is 2. The smallest absolute Gasteiger partial charge is 0.343 e. The van der Waals surface area contributed by atoms with Gasteiger partial charge in [-0.05, 0) is 24.3 Å². The van der Waals surface area contributed by atoms with Crippen molar-refractivity contribution in [2.24, 2.45) is 0 Å². The molecule has 9 heteroatoms. The van der Waals surface area contributed by atoms with Crippen LogP contribution in [-0.4, -0.2) is 34.4 Å². The molecule has 0 aliphatic carbocycles. The molecule has 0 radical (unpaired) electrons. The van der Waals surface area contributed by atoms with E-state index in [4.69, 9.17) is 10.1 Å². The highest BCUT2D eigenvalue weighted by molar-refractivity contribution is 5.94. The van der Waals surface area contributed by atoms with Crippen molar-refractivity contribution in [1.29, 1.82) is 5.41 Å². The molecular formula is C22H18F2N4O3. The van der Waals surface area contributed by atoms with E-state index in [0.29, 0.717) is 6.07 Å². The van der Waals surface area contributed by atoms with Gasteiger partial charge >= 0.3 is 5.97 Å². The summed E-state index contributed by atoms with van der Waals surface area (Å²) >= 11 is 0. The van der Waals surface area contributed by atoms with Crippen molar-refractivity contribution in [1.82, 2.24) is 9.55 Å². The average molecular weight is 424 g/mol. The molecule has 3 rings (SSSR count). The van der Waals surface area contributed by atoms with Gasteiger partial charge in [-0.2, -0.15) is 0 Å². The van der Waals surface area contributed by atoms with Gasteiger partial charge in [0.15, 0.2) is 5.65 Å². The van der Waals surface area contributed by atoms with Crippen molar-refractivity contribution >= 4 is 29.0 Å². The molecule has 0 spiro atoms. The summed E-state index contributed by atoms with van der Waals surface area (Å²) in [4.78, 5) is 29.6. The summed E-state index contributed by atoms with van der Waals surface area (Å²) in [6, 6.07) is 5.26. The highest BCUT2D eigenvalue weighted by Gasteiger charge is 2.20. The van der Waals surface area contributed by atoms with Crippen molar-refractivity contribution in [2.75, 3.05) is 11.9 Å². The first-order valence-corrected chi connectivity index (χ1v) is 9.09. The Morgan fingerprint density at radius 3 is 2.71 bits per heavy atom. The number of aromatic nitrogens is 2. The second-order valence-electron chi connectivity index (χ2n) is 6.36. The number of hydrogen-bond acceptors (Lipinski definition) is 6. The van der Waals surface area contributed by atoms with Gasteiger partial charge in [0.05, 0.1) is 17.1 Å². The molecule has 3 aromatic rings. The molecule has 1 aromatic carbocycles. The Kier molecular flexibility index (Phi) is 6.35. The van der Waals surface area contributed by atoms with Crippen molar-refractivity contribution in [2.45, 2.75) is 6.04 Å². The Bertz CT molecular complexity index is 1250. The molecule has 0 aliphatic rings. The van der Waals surface area contributed by atoms with Gasteiger partial charge < -0.3 is 15.5 Å². The highest BCUT2D eigenvalue weighted by atomic mass is 19.1. The molecule has 0 bridgehead atoms. The van der Waals surface area contributed by atoms with Gasteiger partial charge in [-0.3, -0.25) is 9.36 Å². The first-order chi connectivity index (χ1) is 14.9. The van der Waals surface area contributed by atoms with Gasteiger partial charge in [-0.1, -0.05) is 18.7 Å². The van der Waals surface area contributed by atoms with Gasteiger partial charge in [-0.25, -0.2) is 18.6 Å². The number of rotatable bonds is 8. The minimum absolute atomic E-state index is 0.0207. The fraction of sp³-hybridized carbons (Fsp3) is 0.0909. The third-order valence-electron chi connectivity index (χ3n) is 4.32. The van der Waals surface area contributed by atoms with Gasteiger partial charge in [0.1, 0.15) is 29.6 Å². The number of carbonyl (C=O) groups is 1. The number of esters is 1. The van der Waals surface area contributed by atoms with E-state index in [1.165, 1.54) is 34.9 Å². The SMILES string of the molecule is C=CCOC(=O)c1cn(-c2ccc(F)cc2F)c2nc(NC(C=C)C=N)ccc2c1=O. The summed E-state index contributed by atoms with van der Waals surface area (Å²) < 4.78 is 34.1. The molecule has 31 heavy (non-hydrogen) atoms. The fourth-order valence-corrected chi connectivity index (χ4v) is 2.84. The molecule has 1 unspecified atom stereocenters. The summed E-state index contributed by atoms with van der Waals surface area (Å²) in [5.41, 5.74) is -1.10. The lowest BCUT2D eigenvalue weighted by atomic mass is 10.1. The van der Waals surface area contributed by atoms with Crippen LogP contribution in [0.2, 0.25) is 0 Å². The van der Waals surface area contributed by atoms with Crippen molar-refractivity contribution in [3.63, 3.8) is 0 Å². The molecular weight excluding hydrogens is 406 g/mol. The lowest BCUT2D eigenvalue weighted by Gasteiger charge is -2.15. The molecule has 158 valence electrons. The van der Waals surface area contributed by atoms with Gasteiger partial charge in [-0.15, -0.1) is 6.58 Å². The summed E-state index contributed by atoms with van der Waals surface area (Å²) in [5, 5.41) is 10.3. The third-order valence-corrected chi connectivity index (χ3v) is 4.32. The van der Waals surface area contributed by atoms with Crippen LogP contribution in [0, 0.1) is 17.0 Å². The van der Waals surface area contributed by atoms with Crippen LogP contribution in [0.15, 0.2) is 66.6 Å². The van der Waals surface area contributed by atoms with E-state index in [9.17, 15) is 18.4 Å². The summed E-state index contributed by atoms with van der Waals surface area (Å²) in [7, 11) is 0. The Hall–Kier alpha value is -4.14. The van der Waals surface area contributed by atoms with Crippen LogP contribution in [0.3, 0.4) is 0 Å². The predicted molar refractivity (Wildman–Crippen MR) is 114 cm³/mol. The zero-order valence-electron chi connectivity index (χ0n) is 16.3. The van der Waals surface area contributed by atoms with E-state index in [1.807, 2.05) is 0 Å². The first-order valence-electron chi connectivity index (χ1n) is 9.09. The fourth-order valence-electron chi connectivity index (χ4n) is 2.84. The lowest BCUT2D eigenvalue weighted by Crippen LogP contribution is -2.22. The molecule has 7 nitrogen and oxygen atoms in total. The first kappa shape index (κ1) is 21.6. The van der Waals surface area contributed by atoms with Gasteiger partial charge in [0.25, 0.3) is 0 Å². The molecule has 2 aromatic heterocycles. The third kappa shape index (κ3) is 4.40. The molecule has 0 saturated heterocycles. The van der Waals surface area contributed by atoms with Crippen molar-refractivity contribution in [3.8, 4) is 5.69 Å². The van der Waals surface area contributed by atoms with Crippen LogP contribution < -0.4 is 10.7 Å². The average Bonchev–Trinajstić information content (AvgIpc) is 2.76. The molecule has 1 atom stereocenters. The zero-order valence-corrected chi connectivity index (χ0v) is 16.3. The maximum atomic E-state index is 14.6. The second-order valence-corrected chi connectivity index (χ2v) is 6.36. The largest absolute Gasteiger partial charge is 0.458 e. The van der Waals surface area contributed by atoms with Gasteiger partial charge in [0.2, 0.25) is 5.43 Å². The Balaban J connectivity index is 2.29. The minimum atomic E-state index is -0.918. The van der Waals surface area contributed by atoms with E-state index in [0.717, 1.165) is 18.5 Å². The number of halogens is 2. The van der Waals surface area contributed by atoms with Crippen LogP contribution in [0.5, 0.6) is 0 Å². The Morgan fingerprint density at radius 2 is 2.06 bits per heavy atom. The standard InChI is InChI=1S/C22H18F2N4O3/c1-3-9-31-22(30)16-12-28(18-7-5-13(23)10-17(18)24)21-15(20(16)29)6-8-19(27-21)26-14(4-2)11-25/h3-8,10-12,14,25H,1-2,9H2,(H,26,27). The normalized spacial score (nSPS) is 11.5. The number of anilines is 1. The highest BCUT2D eigenvalue weighted by Crippen LogP contribution is 2.22. The molecule has 0 fully saturated rings. The molecule has 0 aliphatic heterocycles. The van der Waals surface area contributed by atoms with Crippen molar-refractivity contribution in [3.05, 3.63) is 89.3 Å². The van der Waals surface area contributed by atoms with E-state index >= 15 is 0 Å². The molecule has 0 amide bonds. The minimum Gasteiger partial charge on any atom is -0.458 e. The number of carbonyl (C=O) groups excluding carboxylic acids is 1. The quantitative estimate of drug-likeness (QED) is 0.327. The second kappa shape index (κ2) is 9.12. The Morgan fingerprint density at radius 1 is 1.29 bits per heavy atom. The number of ether oxygens (including phenoxy) is 1. The van der Waals surface area contributed by atoms with Crippen LogP contribution in [0.4, 0.5) is 14.6 Å². The number of fused-ring (bicyclic) bond motifs is 1. The lowest BCUT2D eigenvalue weighted by molar-refractivity contribution is 0.0548. The van der Waals surface area contributed by atoms with E-state index in [1.54, 1.807) is 0 Å². The van der Waals surface area contributed by atoms with Crippen LogP contribution >= 0.6 is 0 Å². The summed E-state index contributed by atoms with van der Waals surface area (Å²) in [6.07, 6.45) is 5.02. The van der Waals surface area contributed by atoms with Crippen molar-refractivity contribution < 1.29 is 18.3 Å². The topological polar surface area (TPSA) is 97.1 Å². The van der Waals surface area contributed by atoms with Gasteiger partial charge in [0, 0.05) is 18.5 Å². The molecule has 0 saturated carbocycles.